The van der Waals surface area contributed by atoms with Crippen LogP contribution in [0.1, 0.15) is 125 Å². The topological polar surface area (TPSA) is 75.4 Å². The van der Waals surface area contributed by atoms with Gasteiger partial charge in [0.05, 0.1) is 15.1 Å². The smallest absolute Gasteiger partial charge is 0.323 e. The fourth-order valence-corrected chi connectivity index (χ4v) is 7.10. The van der Waals surface area contributed by atoms with Gasteiger partial charge in [0.25, 0.3) is 0 Å². The number of hydrogen-bond acceptors (Lipinski definition) is 6. The van der Waals surface area contributed by atoms with Crippen LogP contribution < -0.4 is 0 Å². The molecule has 2 heterocycles. The molecule has 0 spiro atoms. The lowest BCUT2D eigenvalue weighted by atomic mass is 10.0. The first-order valence-corrected chi connectivity index (χ1v) is 17.2. The zero-order valence-electron chi connectivity index (χ0n) is 24.0. The van der Waals surface area contributed by atoms with Crippen LogP contribution in [0.15, 0.2) is 18.2 Å². The molecule has 5 nitrogen and oxygen atoms in total. The van der Waals surface area contributed by atoms with Gasteiger partial charge in [0.2, 0.25) is 5.88 Å². The lowest BCUT2D eigenvalue weighted by Gasteiger charge is -2.04. The molecular formula is C32H46N2O3S3. The number of aromatic hydroxyl groups is 1. The fraction of sp³-hybridized carbons (Fsp3) is 0.594. The SMILES string of the molecule is CCCCCCCCCCCCCCCCCCc1ccc2sc(/C=C/c3sc(=S)n(CC(=O)O)c3O)nc2c1. The third kappa shape index (κ3) is 11.5. The fourth-order valence-electron chi connectivity index (χ4n) is 5.04. The summed E-state index contributed by atoms with van der Waals surface area (Å²) in [6.07, 6.45) is 26.9. The number of benzene rings is 1. The zero-order valence-corrected chi connectivity index (χ0v) is 26.5. The molecule has 220 valence electrons. The molecule has 0 aliphatic carbocycles. The number of aliphatic carboxylic acids is 1. The van der Waals surface area contributed by atoms with Crippen molar-refractivity contribution in [3.63, 3.8) is 0 Å². The number of carbonyl (C=O) groups is 1. The number of hydrogen-bond donors (Lipinski definition) is 2. The van der Waals surface area contributed by atoms with Gasteiger partial charge in [-0.2, -0.15) is 0 Å². The second-order valence-electron chi connectivity index (χ2n) is 10.8. The lowest BCUT2D eigenvalue weighted by molar-refractivity contribution is -0.137. The van der Waals surface area contributed by atoms with Gasteiger partial charge in [-0.05, 0) is 54.9 Å². The van der Waals surface area contributed by atoms with Crippen LogP contribution in [0.25, 0.3) is 22.4 Å². The maximum atomic E-state index is 11.0. The predicted molar refractivity (Wildman–Crippen MR) is 174 cm³/mol. The molecule has 0 aliphatic heterocycles. The van der Waals surface area contributed by atoms with E-state index in [4.69, 9.17) is 22.3 Å². The quantitative estimate of drug-likeness (QED) is 0.0937. The molecule has 3 rings (SSSR count). The molecule has 0 fully saturated rings. The molecule has 2 N–H and O–H groups in total. The van der Waals surface area contributed by atoms with Gasteiger partial charge in [0.1, 0.15) is 11.6 Å². The summed E-state index contributed by atoms with van der Waals surface area (Å²) in [7, 11) is 0. The second-order valence-corrected chi connectivity index (χ2v) is 13.5. The van der Waals surface area contributed by atoms with E-state index < -0.39 is 5.97 Å². The highest BCUT2D eigenvalue weighted by molar-refractivity contribution is 7.73. The number of rotatable bonds is 21. The van der Waals surface area contributed by atoms with Gasteiger partial charge in [-0.1, -0.05) is 109 Å². The summed E-state index contributed by atoms with van der Waals surface area (Å²) in [5.74, 6) is -1.16. The number of aryl methyl sites for hydroxylation is 1. The van der Waals surface area contributed by atoms with Gasteiger partial charge in [0.15, 0.2) is 3.95 Å². The highest BCUT2D eigenvalue weighted by Gasteiger charge is 2.12. The molecule has 0 bridgehead atoms. The first-order chi connectivity index (χ1) is 19.5. The van der Waals surface area contributed by atoms with Crippen LogP contribution >= 0.6 is 34.9 Å². The van der Waals surface area contributed by atoms with E-state index in [1.807, 2.05) is 6.08 Å². The second kappa shape index (κ2) is 18.4. The van der Waals surface area contributed by atoms with E-state index in [2.05, 4.69) is 25.1 Å². The molecular weight excluding hydrogens is 557 g/mol. The minimum atomic E-state index is -1.04. The highest BCUT2D eigenvalue weighted by atomic mass is 32.1. The average molecular weight is 603 g/mol. The Labute approximate surface area is 253 Å². The van der Waals surface area contributed by atoms with E-state index in [1.54, 1.807) is 17.4 Å². The number of fused-ring (bicyclic) bond motifs is 1. The van der Waals surface area contributed by atoms with Gasteiger partial charge in [-0.25, -0.2) is 4.98 Å². The molecule has 0 amide bonds. The molecule has 0 aliphatic rings. The Hall–Kier alpha value is -2.03. The number of thiazole rings is 2. The van der Waals surface area contributed by atoms with Crippen LogP contribution in [0.4, 0.5) is 0 Å². The van der Waals surface area contributed by atoms with Crippen molar-refractivity contribution >= 4 is 63.2 Å². The van der Waals surface area contributed by atoms with Crippen LogP contribution in [0.5, 0.6) is 5.88 Å². The van der Waals surface area contributed by atoms with Crippen LogP contribution in [0.3, 0.4) is 0 Å². The monoisotopic (exact) mass is 602 g/mol. The van der Waals surface area contributed by atoms with E-state index in [0.717, 1.165) is 21.6 Å². The van der Waals surface area contributed by atoms with Crippen LogP contribution in [-0.4, -0.2) is 25.7 Å². The third-order valence-electron chi connectivity index (χ3n) is 7.35. The Morgan fingerprint density at radius 2 is 1.45 bits per heavy atom. The first-order valence-electron chi connectivity index (χ1n) is 15.2. The maximum absolute atomic E-state index is 11.0. The average Bonchev–Trinajstić information content (AvgIpc) is 3.46. The Balaban J connectivity index is 1.29. The van der Waals surface area contributed by atoms with Crippen molar-refractivity contribution in [3.05, 3.63) is 37.6 Å². The van der Waals surface area contributed by atoms with Gasteiger partial charge in [-0.3, -0.25) is 9.36 Å². The summed E-state index contributed by atoms with van der Waals surface area (Å²) >= 11 is 7.98. The lowest BCUT2D eigenvalue weighted by Crippen LogP contribution is -2.07. The van der Waals surface area contributed by atoms with Crippen LogP contribution in [-0.2, 0) is 17.8 Å². The standard InChI is InChI=1S/C32H46N2O3S3/c1-2-3-4-5-6-7-8-9-10-11-12-13-14-15-16-17-18-25-19-20-27-26(23-25)33-29(39-27)22-21-28-31(37)34(24-30(35)36)32(38)40-28/h19-23,37H,2-18,24H2,1H3,(H,35,36)/b22-21+. The van der Waals surface area contributed by atoms with Gasteiger partial charge in [-0.15, -0.1) is 22.7 Å². The van der Waals surface area contributed by atoms with Crippen molar-refractivity contribution in [1.82, 2.24) is 9.55 Å². The highest BCUT2D eigenvalue weighted by Crippen LogP contribution is 2.30. The maximum Gasteiger partial charge on any atom is 0.323 e. The Morgan fingerprint density at radius 3 is 2.02 bits per heavy atom. The number of carboxylic acid groups (broad SMARTS) is 1. The largest absolute Gasteiger partial charge is 0.493 e. The number of unbranched alkanes of at least 4 members (excludes halogenated alkanes) is 15. The van der Waals surface area contributed by atoms with Crippen molar-refractivity contribution in [1.29, 1.82) is 0 Å². The van der Waals surface area contributed by atoms with Crippen molar-refractivity contribution in [3.8, 4) is 5.88 Å². The van der Waals surface area contributed by atoms with E-state index in [-0.39, 0.29) is 12.4 Å². The molecule has 0 saturated heterocycles. The summed E-state index contributed by atoms with van der Waals surface area (Å²) in [5.41, 5.74) is 2.33. The third-order valence-corrected chi connectivity index (χ3v) is 9.76. The van der Waals surface area contributed by atoms with Crippen molar-refractivity contribution in [2.24, 2.45) is 0 Å². The zero-order chi connectivity index (χ0) is 28.6. The van der Waals surface area contributed by atoms with E-state index >= 15 is 0 Å². The van der Waals surface area contributed by atoms with Crippen molar-refractivity contribution < 1.29 is 15.0 Å². The van der Waals surface area contributed by atoms with Gasteiger partial charge in [0, 0.05) is 0 Å². The summed E-state index contributed by atoms with van der Waals surface area (Å²) < 4.78 is 2.70. The molecule has 0 atom stereocenters. The molecule has 0 saturated carbocycles. The van der Waals surface area contributed by atoms with E-state index in [0.29, 0.717) is 8.83 Å². The van der Waals surface area contributed by atoms with E-state index in [9.17, 15) is 9.90 Å². The van der Waals surface area contributed by atoms with Gasteiger partial charge >= 0.3 is 5.97 Å². The molecule has 0 radical (unpaired) electrons. The summed E-state index contributed by atoms with van der Waals surface area (Å²) in [6.45, 7) is 1.93. The van der Waals surface area contributed by atoms with Crippen molar-refractivity contribution in [2.75, 3.05) is 0 Å². The molecule has 0 unspecified atom stereocenters. The summed E-state index contributed by atoms with van der Waals surface area (Å²) in [6, 6.07) is 6.55. The van der Waals surface area contributed by atoms with Crippen LogP contribution in [0, 0.1) is 3.95 Å². The molecule has 2 aromatic heterocycles. The Bertz CT molecular complexity index is 1260. The molecule has 3 aromatic rings. The minimum Gasteiger partial charge on any atom is -0.493 e. The number of nitrogens with zero attached hydrogens (tertiary/aromatic N) is 2. The van der Waals surface area contributed by atoms with Crippen LogP contribution in [0.2, 0.25) is 0 Å². The Morgan fingerprint density at radius 1 is 0.875 bits per heavy atom. The number of aromatic nitrogens is 2. The number of carboxylic acids is 1. The van der Waals surface area contributed by atoms with E-state index in [1.165, 1.54) is 124 Å². The Kier molecular flexibility index (Phi) is 15.0. The summed E-state index contributed by atoms with van der Waals surface area (Å²) in [5, 5.41) is 20.2. The normalized spacial score (nSPS) is 11.7. The summed E-state index contributed by atoms with van der Waals surface area (Å²) in [4.78, 5) is 16.3. The molecule has 1 aromatic carbocycles. The van der Waals surface area contributed by atoms with Crippen molar-refractivity contribution in [2.45, 2.75) is 123 Å². The molecule has 40 heavy (non-hydrogen) atoms. The first kappa shape index (κ1) is 32.5. The predicted octanol–water partition coefficient (Wildman–Crippen LogP) is 10.7. The van der Waals surface area contributed by atoms with Gasteiger partial charge < -0.3 is 10.2 Å². The molecule has 8 heteroatoms. The minimum absolute atomic E-state index is 0.115.